The van der Waals surface area contributed by atoms with Crippen LogP contribution in [0.25, 0.3) is 0 Å². The number of allylic oxidation sites excluding steroid dienone is 2. The summed E-state index contributed by atoms with van der Waals surface area (Å²) in [6.45, 7) is 4.72. The number of rotatable bonds is 3. The Labute approximate surface area is 145 Å². The maximum Gasteiger partial charge on any atom is 0.163 e. The number of phenols is 1. The summed E-state index contributed by atoms with van der Waals surface area (Å²) in [6.07, 6.45) is 10.5. The van der Waals surface area contributed by atoms with Crippen molar-refractivity contribution in [3.05, 3.63) is 41.0 Å². The van der Waals surface area contributed by atoms with Crippen LogP contribution in [0.4, 0.5) is 0 Å². The van der Waals surface area contributed by atoms with Crippen LogP contribution in [0.3, 0.4) is 0 Å². The summed E-state index contributed by atoms with van der Waals surface area (Å²) in [6, 6.07) is 5.44. The van der Waals surface area contributed by atoms with Crippen LogP contribution in [0.15, 0.2) is 29.8 Å². The van der Waals surface area contributed by atoms with Crippen LogP contribution in [0.2, 0.25) is 0 Å². The van der Waals surface area contributed by atoms with Gasteiger partial charge in [-0.25, -0.2) is 0 Å². The van der Waals surface area contributed by atoms with Gasteiger partial charge < -0.3 is 5.11 Å². The second-order valence-corrected chi connectivity index (χ2v) is 8.30. The van der Waals surface area contributed by atoms with Gasteiger partial charge in [0, 0.05) is 12.0 Å². The van der Waals surface area contributed by atoms with Crippen LogP contribution >= 0.6 is 0 Å². The number of unbranched alkanes of at least 4 members (excludes halogenated alkanes) is 1. The Bertz CT molecular complexity index is 702. The van der Waals surface area contributed by atoms with E-state index in [2.05, 4.69) is 19.9 Å². The molecule has 0 spiro atoms. The Hall–Kier alpha value is -1.57. The number of Topliss-reactive ketones (excluding diaryl/α,β-unsaturated/α-hetero) is 1. The lowest BCUT2D eigenvalue weighted by atomic mass is 9.54. The molecule has 3 aliphatic rings. The first-order valence-corrected chi connectivity index (χ1v) is 9.60. The molecule has 3 aliphatic carbocycles. The third-order valence-electron chi connectivity index (χ3n) is 7.14. The average Bonchev–Trinajstić information content (AvgIpc) is 2.90. The summed E-state index contributed by atoms with van der Waals surface area (Å²) in [4.78, 5) is 12.7. The lowest BCUT2D eigenvalue weighted by Crippen LogP contribution is -2.42. The molecule has 0 heterocycles. The largest absolute Gasteiger partial charge is 0.508 e. The predicted molar refractivity (Wildman–Crippen MR) is 96.3 cm³/mol. The van der Waals surface area contributed by atoms with Crippen LogP contribution in [-0.4, -0.2) is 10.9 Å². The molecule has 2 nitrogen and oxygen atoms in total. The fourth-order valence-electron chi connectivity index (χ4n) is 5.80. The first-order chi connectivity index (χ1) is 11.5. The first kappa shape index (κ1) is 15.9. The highest BCUT2D eigenvalue weighted by Gasteiger charge is 2.52. The molecule has 1 aromatic rings. The molecule has 0 radical (unpaired) electrons. The van der Waals surface area contributed by atoms with Gasteiger partial charge in [0.05, 0.1) is 0 Å². The van der Waals surface area contributed by atoms with Crippen LogP contribution in [0, 0.1) is 17.3 Å². The van der Waals surface area contributed by atoms with Gasteiger partial charge in [-0.05, 0) is 73.0 Å². The van der Waals surface area contributed by atoms with Crippen molar-refractivity contribution < 1.29 is 9.90 Å². The van der Waals surface area contributed by atoms with Crippen LogP contribution < -0.4 is 0 Å². The molecule has 0 saturated heterocycles. The van der Waals surface area contributed by atoms with Gasteiger partial charge in [-0.1, -0.05) is 38.0 Å². The number of ketones is 1. The molecule has 2 heteroatoms. The van der Waals surface area contributed by atoms with Crippen LogP contribution in [0.5, 0.6) is 5.75 Å². The summed E-state index contributed by atoms with van der Waals surface area (Å²) in [7, 11) is 0. The van der Waals surface area contributed by atoms with Crippen LogP contribution in [-0.2, 0) is 0 Å². The number of carbonyl (C=O) groups is 1. The summed E-state index contributed by atoms with van der Waals surface area (Å²) >= 11 is 0. The maximum absolute atomic E-state index is 12.7. The second-order valence-electron chi connectivity index (χ2n) is 8.30. The summed E-state index contributed by atoms with van der Waals surface area (Å²) < 4.78 is 0. The monoisotopic (exact) mass is 324 g/mol. The molecule has 0 aromatic heterocycles. The molecule has 24 heavy (non-hydrogen) atoms. The highest BCUT2D eigenvalue weighted by molar-refractivity contribution is 5.99. The van der Waals surface area contributed by atoms with Crippen molar-refractivity contribution in [1.29, 1.82) is 0 Å². The predicted octanol–water partition coefficient (Wildman–Crippen LogP) is 5.62. The average molecular weight is 324 g/mol. The van der Waals surface area contributed by atoms with Crippen LogP contribution in [0.1, 0.15) is 80.6 Å². The van der Waals surface area contributed by atoms with Crippen molar-refractivity contribution >= 4 is 5.78 Å². The molecular weight excluding hydrogens is 296 g/mol. The van der Waals surface area contributed by atoms with Gasteiger partial charge >= 0.3 is 0 Å². The van der Waals surface area contributed by atoms with Gasteiger partial charge in [0.25, 0.3) is 0 Å². The Morgan fingerprint density at radius 2 is 2.17 bits per heavy atom. The minimum Gasteiger partial charge on any atom is -0.508 e. The van der Waals surface area contributed by atoms with E-state index in [9.17, 15) is 9.90 Å². The van der Waals surface area contributed by atoms with Gasteiger partial charge in [0.1, 0.15) is 5.75 Å². The SMILES string of the molecule is CCCCC1=CCC2C3CC(=O)c4cc(O)ccc4C3CCC12C. The Balaban J connectivity index is 1.65. The number of hydrogen-bond acceptors (Lipinski definition) is 2. The smallest absolute Gasteiger partial charge is 0.163 e. The Morgan fingerprint density at radius 3 is 2.96 bits per heavy atom. The number of phenolic OH excluding ortho intramolecular Hbond substituents is 1. The lowest BCUT2D eigenvalue weighted by Gasteiger charge is -2.50. The first-order valence-electron chi connectivity index (χ1n) is 9.60. The molecule has 1 N–H and O–H groups in total. The number of aromatic hydroxyl groups is 1. The van der Waals surface area contributed by atoms with Crippen molar-refractivity contribution in [2.45, 2.75) is 64.7 Å². The zero-order chi connectivity index (χ0) is 16.9. The number of carbonyl (C=O) groups excluding carboxylic acids is 1. The number of hydrogen-bond donors (Lipinski definition) is 1. The van der Waals surface area contributed by atoms with E-state index < -0.39 is 0 Å². The van der Waals surface area contributed by atoms with E-state index in [1.807, 2.05) is 6.07 Å². The second kappa shape index (κ2) is 5.75. The number of fused-ring (bicyclic) bond motifs is 5. The molecule has 128 valence electrons. The summed E-state index contributed by atoms with van der Waals surface area (Å²) in [5.41, 5.74) is 3.94. The van der Waals surface area contributed by atoms with Gasteiger partial charge in [-0.15, -0.1) is 0 Å². The maximum atomic E-state index is 12.7. The molecular formula is C22H28O2. The zero-order valence-corrected chi connectivity index (χ0v) is 14.8. The quantitative estimate of drug-likeness (QED) is 0.733. The molecule has 1 saturated carbocycles. The molecule has 0 amide bonds. The van der Waals surface area contributed by atoms with Gasteiger partial charge in [0.2, 0.25) is 0 Å². The molecule has 0 aliphatic heterocycles. The molecule has 1 aromatic carbocycles. The zero-order valence-electron chi connectivity index (χ0n) is 14.8. The number of benzene rings is 1. The highest BCUT2D eigenvalue weighted by atomic mass is 16.3. The standard InChI is InChI=1S/C22H28O2/c1-3-4-5-14-6-9-20-18-13-21(24)19-12-15(23)7-8-16(19)17(18)10-11-22(14,20)2/h6-8,12,17-18,20,23H,3-5,9-11,13H2,1-2H3. The van der Waals surface area contributed by atoms with E-state index in [0.717, 1.165) is 12.0 Å². The van der Waals surface area contributed by atoms with Gasteiger partial charge in [-0.3, -0.25) is 4.79 Å². The molecule has 4 rings (SSSR count). The van der Waals surface area contributed by atoms with Crippen molar-refractivity contribution in [1.82, 2.24) is 0 Å². The fraction of sp³-hybridized carbons (Fsp3) is 0.591. The molecule has 0 bridgehead atoms. The normalized spacial score (nSPS) is 34.3. The minimum atomic E-state index is 0.214. The van der Waals surface area contributed by atoms with Gasteiger partial charge in [-0.2, -0.15) is 0 Å². The molecule has 1 fully saturated rings. The van der Waals surface area contributed by atoms with Crippen molar-refractivity contribution in [2.75, 3.05) is 0 Å². The lowest BCUT2D eigenvalue weighted by molar-refractivity contribution is 0.0608. The topological polar surface area (TPSA) is 37.3 Å². The Morgan fingerprint density at radius 1 is 1.33 bits per heavy atom. The van der Waals surface area contributed by atoms with E-state index >= 15 is 0 Å². The van der Waals surface area contributed by atoms with E-state index in [1.54, 1.807) is 17.7 Å². The van der Waals surface area contributed by atoms with Crippen molar-refractivity contribution in [3.63, 3.8) is 0 Å². The highest BCUT2D eigenvalue weighted by Crippen LogP contribution is 2.61. The van der Waals surface area contributed by atoms with Crippen molar-refractivity contribution in [2.24, 2.45) is 17.3 Å². The summed E-state index contributed by atoms with van der Waals surface area (Å²) in [5.74, 6) is 2.03. The third-order valence-corrected chi connectivity index (χ3v) is 7.14. The fourth-order valence-corrected chi connectivity index (χ4v) is 5.80. The van der Waals surface area contributed by atoms with Gasteiger partial charge in [0.15, 0.2) is 5.78 Å². The van der Waals surface area contributed by atoms with E-state index in [-0.39, 0.29) is 11.5 Å². The molecule has 4 atom stereocenters. The molecule has 4 unspecified atom stereocenters. The van der Waals surface area contributed by atoms with E-state index in [4.69, 9.17) is 0 Å². The van der Waals surface area contributed by atoms with E-state index in [1.165, 1.54) is 37.7 Å². The summed E-state index contributed by atoms with van der Waals surface area (Å²) in [5, 5.41) is 9.75. The van der Waals surface area contributed by atoms with Crippen molar-refractivity contribution in [3.8, 4) is 5.75 Å². The minimum absolute atomic E-state index is 0.214. The Kier molecular flexibility index (Phi) is 3.82. The third kappa shape index (κ3) is 2.26. The van der Waals surface area contributed by atoms with E-state index in [0.29, 0.717) is 29.6 Å².